The maximum absolute atomic E-state index is 13.9. The third-order valence-corrected chi connectivity index (χ3v) is 5.39. The van der Waals surface area contributed by atoms with Crippen molar-refractivity contribution in [2.45, 2.75) is 25.3 Å². The van der Waals surface area contributed by atoms with Gasteiger partial charge in [0.05, 0.1) is 5.69 Å². The van der Waals surface area contributed by atoms with E-state index in [0.29, 0.717) is 16.5 Å². The van der Waals surface area contributed by atoms with Gasteiger partial charge in [-0.3, -0.25) is 4.90 Å². The van der Waals surface area contributed by atoms with E-state index >= 15 is 0 Å². The van der Waals surface area contributed by atoms with Crippen LogP contribution in [0.15, 0.2) is 41.3 Å². The standard InChI is InChI=1S/C17H17FN4OS/c18-15-6-2-1-5-14(15)17-21-20-16(24-17)12-4-3-7-22(8-12)9-13-10-23-11-19-13/h1-2,5-6,10-12H,3-4,7-9H2. The number of nitrogens with zero attached hydrogens (tertiary/aromatic N) is 4. The van der Waals surface area contributed by atoms with Crippen molar-refractivity contribution >= 4 is 11.3 Å². The molecule has 2 aromatic heterocycles. The summed E-state index contributed by atoms with van der Waals surface area (Å²) in [7, 11) is 0. The summed E-state index contributed by atoms with van der Waals surface area (Å²) < 4.78 is 19.0. The Morgan fingerprint density at radius 2 is 2.21 bits per heavy atom. The first-order chi connectivity index (χ1) is 11.8. The van der Waals surface area contributed by atoms with Crippen molar-refractivity contribution in [1.82, 2.24) is 20.1 Å². The summed E-state index contributed by atoms with van der Waals surface area (Å²) in [4.78, 5) is 6.54. The zero-order valence-electron chi connectivity index (χ0n) is 13.1. The number of oxazole rings is 1. The number of hydrogen-bond donors (Lipinski definition) is 0. The molecule has 1 aromatic carbocycles. The Kier molecular flexibility index (Phi) is 4.36. The summed E-state index contributed by atoms with van der Waals surface area (Å²) in [6, 6.07) is 6.71. The number of piperidine rings is 1. The lowest BCUT2D eigenvalue weighted by Crippen LogP contribution is -2.33. The number of benzene rings is 1. The van der Waals surface area contributed by atoms with E-state index in [9.17, 15) is 4.39 Å². The molecule has 1 aliphatic heterocycles. The Balaban J connectivity index is 1.49. The maximum atomic E-state index is 13.9. The topological polar surface area (TPSA) is 55.1 Å². The summed E-state index contributed by atoms with van der Waals surface area (Å²) in [5, 5.41) is 10.2. The van der Waals surface area contributed by atoms with Crippen molar-refractivity contribution in [1.29, 1.82) is 0 Å². The Morgan fingerprint density at radius 3 is 3.04 bits per heavy atom. The van der Waals surface area contributed by atoms with E-state index in [4.69, 9.17) is 4.42 Å². The molecule has 0 N–H and O–H groups in total. The first kappa shape index (κ1) is 15.4. The van der Waals surface area contributed by atoms with E-state index in [1.54, 1.807) is 18.4 Å². The largest absolute Gasteiger partial charge is 0.451 e. The van der Waals surface area contributed by atoms with Crippen molar-refractivity contribution in [3.05, 3.63) is 53.4 Å². The molecule has 24 heavy (non-hydrogen) atoms. The van der Waals surface area contributed by atoms with Crippen LogP contribution in [0.2, 0.25) is 0 Å². The minimum absolute atomic E-state index is 0.253. The van der Waals surface area contributed by atoms with Crippen LogP contribution in [0.5, 0.6) is 0 Å². The van der Waals surface area contributed by atoms with E-state index in [-0.39, 0.29) is 5.82 Å². The molecule has 4 rings (SSSR count). The van der Waals surface area contributed by atoms with Crippen LogP contribution >= 0.6 is 11.3 Å². The smallest absolute Gasteiger partial charge is 0.180 e. The Bertz CT molecular complexity index is 805. The van der Waals surface area contributed by atoms with Crippen molar-refractivity contribution in [3.63, 3.8) is 0 Å². The van der Waals surface area contributed by atoms with Gasteiger partial charge in [0.1, 0.15) is 17.1 Å². The molecule has 3 heterocycles. The van der Waals surface area contributed by atoms with Crippen molar-refractivity contribution in [2.75, 3.05) is 13.1 Å². The van der Waals surface area contributed by atoms with Crippen LogP contribution in [0.4, 0.5) is 4.39 Å². The number of hydrogen-bond acceptors (Lipinski definition) is 6. The van der Waals surface area contributed by atoms with Crippen LogP contribution < -0.4 is 0 Å². The van der Waals surface area contributed by atoms with Gasteiger partial charge in [0, 0.05) is 24.6 Å². The molecule has 7 heteroatoms. The molecule has 1 unspecified atom stereocenters. The summed E-state index contributed by atoms with van der Waals surface area (Å²) in [6.45, 7) is 2.74. The highest BCUT2D eigenvalue weighted by molar-refractivity contribution is 7.14. The van der Waals surface area contributed by atoms with Crippen molar-refractivity contribution in [3.8, 4) is 10.6 Å². The fourth-order valence-corrected chi connectivity index (χ4v) is 4.08. The second-order valence-electron chi connectivity index (χ2n) is 5.98. The van der Waals surface area contributed by atoms with Gasteiger partial charge in [-0.1, -0.05) is 23.5 Å². The van der Waals surface area contributed by atoms with E-state index in [1.807, 2.05) is 6.07 Å². The van der Waals surface area contributed by atoms with Gasteiger partial charge in [-0.2, -0.15) is 0 Å². The molecule has 0 saturated carbocycles. The Hall–Kier alpha value is -2.12. The second kappa shape index (κ2) is 6.78. The number of aromatic nitrogens is 3. The van der Waals surface area contributed by atoms with Gasteiger partial charge in [-0.25, -0.2) is 9.37 Å². The lowest BCUT2D eigenvalue weighted by Gasteiger charge is -2.30. The molecule has 1 fully saturated rings. The molecule has 1 saturated heterocycles. The van der Waals surface area contributed by atoms with Crippen LogP contribution in [-0.2, 0) is 6.54 Å². The van der Waals surface area contributed by atoms with Gasteiger partial charge in [0.25, 0.3) is 0 Å². The molecule has 3 aromatic rings. The first-order valence-corrected chi connectivity index (χ1v) is 8.79. The van der Waals surface area contributed by atoms with Crippen molar-refractivity contribution < 1.29 is 8.81 Å². The number of halogens is 1. The third kappa shape index (κ3) is 3.22. The normalized spacial score (nSPS) is 18.8. The van der Waals surface area contributed by atoms with E-state index in [2.05, 4.69) is 20.1 Å². The lowest BCUT2D eigenvalue weighted by molar-refractivity contribution is 0.197. The summed E-state index contributed by atoms with van der Waals surface area (Å²) >= 11 is 1.49. The lowest BCUT2D eigenvalue weighted by atomic mass is 9.99. The van der Waals surface area contributed by atoms with Crippen LogP contribution in [0.25, 0.3) is 10.6 Å². The predicted molar refractivity (Wildman–Crippen MR) is 89.1 cm³/mol. The Morgan fingerprint density at radius 1 is 1.29 bits per heavy atom. The van der Waals surface area contributed by atoms with Crippen LogP contribution in [0, 0.1) is 5.82 Å². The highest BCUT2D eigenvalue weighted by Gasteiger charge is 2.25. The zero-order valence-corrected chi connectivity index (χ0v) is 13.9. The maximum Gasteiger partial charge on any atom is 0.180 e. The molecule has 0 bridgehead atoms. The molecule has 1 atom stereocenters. The highest BCUT2D eigenvalue weighted by atomic mass is 32.1. The molecular weight excluding hydrogens is 327 g/mol. The minimum atomic E-state index is -0.253. The molecule has 5 nitrogen and oxygen atoms in total. The third-order valence-electron chi connectivity index (χ3n) is 4.27. The number of rotatable bonds is 4. The van der Waals surface area contributed by atoms with E-state index in [1.165, 1.54) is 23.8 Å². The highest BCUT2D eigenvalue weighted by Crippen LogP contribution is 2.33. The quantitative estimate of drug-likeness (QED) is 0.722. The van der Waals surface area contributed by atoms with Crippen molar-refractivity contribution in [2.24, 2.45) is 0 Å². The molecule has 0 radical (unpaired) electrons. The second-order valence-corrected chi connectivity index (χ2v) is 6.99. The fraction of sp³-hybridized carbons (Fsp3) is 0.353. The predicted octanol–water partition coefficient (Wildman–Crippen LogP) is 3.71. The average Bonchev–Trinajstić information content (AvgIpc) is 3.27. The van der Waals surface area contributed by atoms with Gasteiger partial charge < -0.3 is 4.42 Å². The first-order valence-electron chi connectivity index (χ1n) is 7.97. The number of likely N-dealkylation sites (tertiary alicyclic amines) is 1. The van der Waals surface area contributed by atoms with Gasteiger partial charge in [-0.05, 0) is 31.5 Å². The zero-order chi connectivity index (χ0) is 16.4. The SMILES string of the molecule is Fc1ccccc1-c1nnc(C2CCCN(Cc3cocn3)C2)s1. The van der Waals surface area contributed by atoms with Gasteiger partial charge in [0.2, 0.25) is 0 Å². The fourth-order valence-electron chi connectivity index (χ4n) is 3.09. The molecule has 1 aliphatic rings. The van der Waals surface area contributed by atoms with Crippen LogP contribution in [0.1, 0.15) is 29.5 Å². The summed E-state index contributed by atoms with van der Waals surface area (Å²) in [5.41, 5.74) is 1.47. The van der Waals surface area contributed by atoms with E-state index in [0.717, 1.165) is 43.2 Å². The minimum Gasteiger partial charge on any atom is -0.451 e. The molecule has 0 aliphatic carbocycles. The molecular formula is C17H17FN4OS. The van der Waals surface area contributed by atoms with Gasteiger partial charge in [-0.15, -0.1) is 10.2 Å². The van der Waals surface area contributed by atoms with Crippen LogP contribution in [0.3, 0.4) is 0 Å². The average molecular weight is 344 g/mol. The molecule has 124 valence electrons. The van der Waals surface area contributed by atoms with Gasteiger partial charge >= 0.3 is 0 Å². The van der Waals surface area contributed by atoms with Gasteiger partial charge in [0.15, 0.2) is 11.4 Å². The van der Waals surface area contributed by atoms with Crippen LogP contribution in [-0.4, -0.2) is 33.2 Å². The molecule has 0 amide bonds. The van der Waals surface area contributed by atoms with E-state index < -0.39 is 0 Å². The monoisotopic (exact) mass is 344 g/mol. The summed E-state index contributed by atoms with van der Waals surface area (Å²) in [6.07, 6.45) is 5.34. The Labute approximate surface area is 143 Å². The summed E-state index contributed by atoms with van der Waals surface area (Å²) in [5.74, 6) is 0.0835. The molecule has 0 spiro atoms.